The van der Waals surface area contributed by atoms with Gasteiger partial charge in [0.15, 0.2) is 5.58 Å². The van der Waals surface area contributed by atoms with Crippen molar-refractivity contribution in [1.29, 1.82) is 0 Å². The predicted molar refractivity (Wildman–Crippen MR) is 85.1 cm³/mol. The first-order chi connectivity index (χ1) is 10.7. The van der Waals surface area contributed by atoms with Gasteiger partial charge in [-0.1, -0.05) is 26.8 Å². The molecule has 1 saturated heterocycles. The van der Waals surface area contributed by atoms with Crippen molar-refractivity contribution in [1.82, 2.24) is 9.88 Å². The van der Waals surface area contributed by atoms with Crippen molar-refractivity contribution in [2.75, 3.05) is 0 Å². The van der Waals surface area contributed by atoms with Crippen LogP contribution in [0.25, 0.3) is 11.1 Å². The third kappa shape index (κ3) is 3.06. The zero-order valence-corrected chi connectivity index (χ0v) is 13.5. The second-order valence-electron chi connectivity index (χ2n) is 7.24. The fraction of sp³-hybridized carbons (Fsp3) is 0.471. The number of rotatable bonds is 2. The number of hydrogen-bond donors (Lipinski definition) is 1. The molecule has 1 aliphatic rings. The third-order valence-electron chi connectivity index (χ3n) is 3.93. The number of nitrogens with one attached hydrogen (secondary N) is 1. The molecule has 0 radical (unpaired) electrons. The zero-order chi connectivity index (χ0) is 16.8. The van der Waals surface area contributed by atoms with Crippen molar-refractivity contribution >= 4 is 22.9 Å². The highest BCUT2D eigenvalue weighted by Crippen LogP contribution is 2.26. The number of aromatic nitrogens is 1. The molecule has 0 aliphatic carbocycles. The summed E-state index contributed by atoms with van der Waals surface area (Å²) in [6, 6.07) is 4.91. The van der Waals surface area contributed by atoms with E-state index in [1.54, 1.807) is 0 Å². The first kappa shape index (κ1) is 15.5. The van der Waals surface area contributed by atoms with E-state index in [0.29, 0.717) is 17.5 Å². The fourth-order valence-electron chi connectivity index (χ4n) is 3.03. The van der Waals surface area contributed by atoms with Gasteiger partial charge in [0.05, 0.1) is 5.52 Å². The van der Waals surface area contributed by atoms with Crippen LogP contribution in [0.4, 0.5) is 0 Å². The van der Waals surface area contributed by atoms with Crippen molar-refractivity contribution < 1.29 is 14.0 Å². The maximum atomic E-state index is 12.2. The highest BCUT2D eigenvalue weighted by Gasteiger charge is 2.31. The number of oxazole rings is 1. The Bertz CT molecular complexity index is 838. The van der Waals surface area contributed by atoms with Gasteiger partial charge in [0.1, 0.15) is 6.04 Å². The second-order valence-corrected chi connectivity index (χ2v) is 7.24. The molecule has 2 amide bonds. The van der Waals surface area contributed by atoms with E-state index in [1.807, 2.05) is 18.2 Å². The summed E-state index contributed by atoms with van der Waals surface area (Å²) in [5.41, 5.74) is 2.26. The number of benzene rings is 1. The fourth-order valence-corrected chi connectivity index (χ4v) is 3.03. The molecule has 1 aliphatic heterocycles. The van der Waals surface area contributed by atoms with E-state index in [9.17, 15) is 14.4 Å². The van der Waals surface area contributed by atoms with Gasteiger partial charge in [-0.3, -0.25) is 19.5 Å². The first-order valence-electron chi connectivity index (χ1n) is 7.72. The Morgan fingerprint density at radius 1 is 1.26 bits per heavy atom. The summed E-state index contributed by atoms with van der Waals surface area (Å²) in [6.45, 7) is 6.42. The van der Waals surface area contributed by atoms with Crippen LogP contribution in [0.15, 0.2) is 27.4 Å². The van der Waals surface area contributed by atoms with Crippen LogP contribution in [0.3, 0.4) is 0 Å². The van der Waals surface area contributed by atoms with Crippen LogP contribution < -0.4 is 11.1 Å². The highest BCUT2D eigenvalue weighted by molar-refractivity contribution is 6.00. The molecule has 0 spiro atoms. The highest BCUT2D eigenvalue weighted by atomic mass is 16.4. The van der Waals surface area contributed by atoms with Crippen molar-refractivity contribution in [3.8, 4) is 0 Å². The summed E-state index contributed by atoms with van der Waals surface area (Å²) in [6.07, 6.45) is 1.39. The summed E-state index contributed by atoms with van der Waals surface area (Å²) < 4.78 is 6.67. The first-order valence-corrected chi connectivity index (χ1v) is 7.72. The molecule has 2 aromatic rings. The Hall–Kier alpha value is -2.37. The Morgan fingerprint density at radius 3 is 2.65 bits per heavy atom. The van der Waals surface area contributed by atoms with E-state index in [1.165, 1.54) is 4.57 Å². The number of piperidine rings is 1. The normalized spacial score (nSPS) is 19.2. The van der Waals surface area contributed by atoms with Gasteiger partial charge in [0, 0.05) is 6.42 Å². The molecular formula is C17H20N2O4. The lowest BCUT2D eigenvalue weighted by Gasteiger charge is -2.21. The molecule has 122 valence electrons. The number of nitrogens with zero attached hydrogens (tertiary/aromatic N) is 1. The average molecular weight is 316 g/mol. The van der Waals surface area contributed by atoms with E-state index in [0.717, 1.165) is 12.0 Å². The molecule has 0 saturated carbocycles. The maximum Gasteiger partial charge on any atom is 0.420 e. The van der Waals surface area contributed by atoms with Gasteiger partial charge in [-0.05, 0) is 36.0 Å². The molecule has 1 unspecified atom stereocenters. The number of carbonyl (C=O) groups excluding carboxylic acids is 2. The van der Waals surface area contributed by atoms with Crippen molar-refractivity contribution in [2.45, 2.75) is 46.1 Å². The molecule has 6 heteroatoms. The van der Waals surface area contributed by atoms with Crippen molar-refractivity contribution in [3.63, 3.8) is 0 Å². The molecule has 0 bridgehead atoms. The maximum absolute atomic E-state index is 12.2. The van der Waals surface area contributed by atoms with E-state index >= 15 is 0 Å². The van der Waals surface area contributed by atoms with Gasteiger partial charge in [0.2, 0.25) is 11.8 Å². The zero-order valence-electron chi connectivity index (χ0n) is 13.5. The molecular weight excluding hydrogens is 296 g/mol. The van der Waals surface area contributed by atoms with Gasteiger partial charge >= 0.3 is 5.76 Å². The topological polar surface area (TPSA) is 81.3 Å². The number of amides is 2. The van der Waals surface area contributed by atoms with Gasteiger partial charge < -0.3 is 4.42 Å². The lowest BCUT2D eigenvalue weighted by Crippen LogP contribution is -2.43. The van der Waals surface area contributed by atoms with Gasteiger partial charge in [-0.2, -0.15) is 0 Å². The molecule has 1 atom stereocenters. The predicted octanol–water partition coefficient (Wildman–Crippen LogP) is 2.16. The van der Waals surface area contributed by atoms with Crippen LogP contribution >= 0.6 is 0 Å². The van der Waals surface area contributed by atoms with Gasteiger partial charge in [-0.15, -0.1) is 0 Å². The summed E-state index contributed by atoms with van der Waals surface area (Å²) in [5, 5.41) is 2.27. The van der Waals surface area contributed by atoms with Crippen LogP contribution in [-0.4, -0.2) is 16.4 Å². The average Bonchev–Trinajstić information content (AvgIpc) is 2.72. The molecule has 1 fully saturated rings. The lowest BCUT2D eigenvalue weighted by atomic mass is 9.88. The lowest BCUT2D eigenvalue weighted by molar-refractivity contribution is -0.135. The van der Waals surface area contributed by atoms with Crippen LogP contribution in [0.5, 0.6) is 0 Å². The van der Waals surface area contributed by atoms with Crippen LogP contribution in [-0.2, 0) is 16.0 Å². The minimum atomic E-state index is -0.699. The minimum absolute atomic E-state index is 0.125. The van der Waals surface area contributed by atoms with E-state index in [2.05, 4.69) is 26.1 Å². The Labute approximate surface area is 133 Å². The minimum Gasteiger partial charge on any atom is -0.408 e. The second kappa shape index (κ2) is 5.37. The standard InChI is InChI=1S/C17H20N2O4/c1-17(2,3)9-10-4-5-11-13(8-10)23-16(22)19(11)12-6-7-14(20)18-15(12)21/h4-5,8,12H,6-7,9H2,1-3H3,(H,18,20,21). The quantitative estimate of drug-likeness (QED) is 0.861. The number of hydrogen-bond acceptors (Lipinski definition) is 4. The van der Waals surface area contributed by atoms with E-state index in [4.69, 9.17) is 4.42 Å². The molecule has 2 heterocycles. The molecule has 1 aromatic heterocycles. The Balaban J connectivity index is 2.02. The van der Waals surface area contributed by atoms with Crippen LogP contribution in [0, 0.1) is 5.41 Å². The number of fused-ring (bicyclic) bond motifs is 1. The van der Waals surface area contributed by atoms with E-state index < -0.39 is 17.7 Å². The van der Waals surface area contributed by atoms with Gasteiger partial charge in [0.25, 0.3) is 0 Å². The van der Waals surface area contributed by atoms with E-state index in [-0.39, 0.29) is 17.7 Å². The monoisotopic (exact) mass is 316 g/mol. The smallest absolute Gasteiger partial charge is 0.408 e. The summed E-state index contributed by atoms with van der Waals surface area (Å²) >= 11 is 0. The Kier molecular flexibility index (Phi) is 3.62. The summed E-state index contributed by atoms with van der Waals surface area (Å²) in [5.74, 6) is -1.33. The largest absolute Gasteiger partial charge is 0.420 e. The van der Waals surface area contributed by atoms with Crippen molar-refractivity contribution in [2.24, 2.45) is 5.41 Å². The number of carbonyl (C=O) groups is 2. The molecule has 1 N–H and O–H groups in total. The molecule has 6 nitrogen and oxygen atoms in total. The SMILES string of the molecule is CC(C)(C)Cc1ccc2c(c1)oc(=O)n2C1CCC(=O)NC1=O. The van der Waals surface area contributed by atoms with Gasteiger partial charge in [-0.25, -0.2) is 4.79 Å². The summed E-state index contributed by atoms with van der Waals surface area (Å²) in [7, 11) is 0. The summed E-state index contributed by atoms with van der Waals surface area (Å²) in [4.78, 5) is 35.5. The van der Waals surface area contributed by atoms with Crippen LogP contribution in [0.2, 0.25) is 0 Å². The molecule has 23 heavy (non-hydrogen) atoms. The van der Waals surface area contributed by atoms with Crippen molar-refractivity contribution in [3.05, 3.63) is 34.3 Å². The number of imide groups is 1. The molecule has 1 aromatic carbocycles. The molecule has 3 rings (SSSR count). The van der Waals surface area contributed by atoms with Crippen LogP contribution in [0.1, 0.15) is 45.2 Å². The Morgan fingerprint density at radius 2 is 2.00 bits per heavy atom. The third-order valence-corrected chi connectivity index (χ3v) is 3.93.